The number of benzene rings is 2. The van der Waals surface area contributed by atoms with Gasteiger partial charge in [0, 0.05) is 0 Å². The van der Waals surface area contributed by atoms with Crippen molar-refractivity contribution in [1.29, 1.82) is 0 Å². The van der Waals surface area contributed by atoms with E-state index >= 15 is 0 Å². The Morgan fingerprint density at radius 2 is 1.74 bits per heavy atom. The van der Waals surface area contributed by atoms with E-state index in [1.165, 1.54) is 0 Å². The van der Waals surface area contributed by atoms with E-state index in [-0.39, 0.29) is 0 Å². The number of aliphatic imine (C=N–C) groups is 1. The summed E-state index contributed by atoms with van der Waals surface area (Å²) in [5.41, 5.74) is 0.923. The van der Waals surface area contributed by atoms with Crippen molar-refractivity contribution in [3.05, 3.63) is 60.2 Å². The molecular formula is C15H15N3O. The molecule has 0 fully saturated rings. The van der Waals surface area contributed by atoms with Gasteiger partial charge in [-0.05, 0) is 24.3 Å². The molecule has 3 rings (SSSR count). The third-order valence-electron chi connectivity index (χ3n) is 2.97. The number of nitrogens with two attached hydrogens (primary N) is 1. The highest BCUT2D eigenvalue weighted by Gasteiger charge is 2.19. The van der Waals surface area contributed by atoms with E-state index in [1.54, 1.807) is 5.01 Å². The molecule has 4 heteroatoms. The Bertz CT molecular complexity index is 595. The monoisotopic (exact) mass is 253 g/mol. The van der Waals surface area contributed by atoms with Crippen LogP contribution in [-0.4, -0.2) is 23.9 Å². The number of hydrogen-bond donors (Lipinski definition) is 1. The lowest BCUT2D eigenvalue weighted by Crippen LogP contribution is -2.35. The number of nitrogens with zero attached hydrogens (tertiary/aromatic N) is 2. The number of hydrogen-bond acceptors (Lipinski definition) is 4. The normalized spacial score (nSPS) is 14.4. The quantitative estimate of drug-likeness (QED) is 0.855. The van der Waals surface area contributed by atoms with Crippen molar-refractivity contribution in [2.45, 2.75) is 0 Å². The Hall–Kier alpha value is -2.33. The summed E-state index contributed by atoms with van der Waals surface area (Å²) in [7, 11) is 0. The lowest BCUT2D eigenvalue weighted by atomic mass is 10.2. The van der Waals surface area contributed by atoms with E-state index in [4.69, 9.17) is 10.6 Å². The van der Waals surface area contributed by atoms with Crippen molar-refractivity contribution in [3.8, 4) is 11.5 Å². The van der Waals surface area contributed by atoms with Crippen LogP contribution in [0.1, 0.15) is 5.56 Å². The van der Waals surface area contributed by atoms with Gasteiger partial charge in [0.05, 0.1) is 18.7 Å². The largest absolute Gasteiger partial charge is 0.457 e. The number of rotatable bonds is 3. The first-order valence-corrected chi connectivity index (χ1v) is 6.23. The third-order valence-corrected chi connectivity index (χ3v) is 2.97. The van der Waals surface area contributed by atoms with Crippen LogP contribution in [0.5, 0.6) is 11.5 Å². The zero-order valence-corrected chi connectivity index (χ0v) is 10.5. The fourth-order valence-corrected chi connectivity index (χ4v) is 2.06. The molecule has 0 aromatic heterocycles. The SMILES string of the molecule is NN1CCN=C1c1ccccc1Oc1ccccc1. The summed E-state index contributed by atoms with van der Waals surface area (Å²) in [4.78, 5) is 4.43. The number of ether oxygens (including phenoxy) is 1. The van der Waals surface area contributed by atoms with E-state index in [2.05, 4.69) is 4.99 Å². The van der Waals surface area contributed by atoms with Crippen LogP contribution in [0, 0.1) is 0 Å². The van der Waals surface area contributed by atoms with Gasteiger partial charge in [0.2, 0.25) is 0 Å². The van der Waals surface area contributed by atoms with Crippen LogP contribution < -0.4 is 10.6 Å². The summed E-state index contributed by atoms with van der Waals surface area (Å²) in [6, 6.07) is 17.5. The van der Waals surface area contributed by atoms with Crippen LogP contribution in [-0.2, 0) is 0 Å². The molecular weight excluding hydrogens is 238 g/mol. The first-order chi connectivity index (χ1) is 9.34. The number of amidine groups is 1. The Kier molecular flexibility index (Phi) is 3.16. The van der Waals surface area contributed by atoms with Gasteiger partial charge in [-0.2, -0.15) is 0 Å². The lowest BCUT2D eigenvalue weighted by molar-refractivity contribution is 0.467. The van der Waals surface area contributed by atoms with Crippen LogP contribution in [0.25, 0.3) is 0 Å². The van der Waals surface area contributed by atoms with Crippen LogP contribution in [0.4, 0.5) is 0 Å². The second-order valence-corrected chi connectivity index (χ2v) is 4.31. The van der Waals surface area contributed by atoms with Crippen molar-refractivity contribution in [3.63, 3.8) is 0 Å². The van der Waals surface area contributed by atoms with Crippen molar-refractivity contribution in [2.75, 3.05) is 13.1 Å². The van der Waals surface area contributed by atoms with Crippen molar-refractivity contribution in [2.24, 2.45) is 10.8 Å². The zero-order chi connectivity index (χ0) is 13.1. The molecule has 1 aliphatic rings. The van der Waals surface area contributed by atoms with Gasteiger partial charge in [0.15, 0.2) is 0 Å². The summed E-state index contributed by atoms with van der Waals surface area (Å²) >= 11 is 0. The minimum Gasteiger partial charge on any atom is -0.457 e. The Morgan fingerprint density at radius 3 is 2.47 bits per heavy atom. The van der Waals surface area contributed by atoms with Crippen molar-refractivity contribution >= 4 is 5.84 Å². The molecule has 0 amide bonds. The van der Waals surface area contributed by atoms with Gasteiger partial charge in [-0.15, -0.1) is 0 Å². The van der Waals surface area contributed by atoms with E-state index in [9.17, 15) is 0 Å². The van der Waals surface area contributed by atoms with Gasteiger partial charge in [-0.3, -0.25) is 10.0 Å². The van der Waals surface area contributed by atoms with E-state index in [0.29, 0.717) is 0 Å². The molecule has 0 radical (unpaired) electrons. The first-order valence-electron chi connectivity index (χ1n) is 6.23. The second kappa shape index (κ2) is 5.12. The van der Waals surface area contributed by atoms with Gasteiger partial charge in [-0.25, -0.2) is 5.84 Å². The Labute approximate surface area is 112 Å². The summed E-state index contributed by atoms with van der Waals surface area (Å²) in [6.45, 7) is 1.47. The topological polar surface area (TPSA) is 50.8 Å². The van der Waals surface area contributed by atoms with Crippen LogP contribution in [0.15, 0.2) is 59.6 Å². The third kappa shape index (κ3) is 2.44. The average molecular weight is 253 g/mol. The molecule has 96 valence electrons. The van der Waals surface area contributed by atoms with E-state index < -0.39 is 0 Å². The average Bonchev–Trinajstić information content (AvgIpc) is 2.87. The molecule has 0 aliphatic carbocycles. The van der Waals surface area contributed by atoms with Crippen LogP contribution in [0.2, 0.25) is 0 Å². The number of hydrazine groups is 1. The predicted molar refractivity (Wildman–Crippen MR) is 75.3 cm³/mol. The molecule has 4 nitrogen and oxygen atoms in total. The minimum absolute atomic E-state index is 0.728. The predicted octanol–water partition coefficient (Wildman–Crippen LogP) is 2.41. The van der Waals surface area contributed by atoms with E-state index in [1.807, 2.05) is 54.6 Å². The molecule has 2 aromatic carbocycles. The minimum atomic E-state index is 0.728. The van der Waals surface area contributed by atoms with Gasteiger partial charge in [-0.1, -0.05) is 30.3 Å². The molecule has 0 bridgehead atoms. The molecule has 0 saturated heterocycles. The summed E-state index contributed by atoms with van der Waals surface area (Å²) in [5, 5.41) is 1.66. The van der Waals surface area contributed by atoms with Crippen LogP contribution >= 0.6 is 0 Å². The maximum Gasteiger partial charge on any atom is 0.149 e. The molecule has 1 aliphatic heterocycles. The standard InChI is InChI=1S/C15H15N3O/c16-18-11-10-17-15(18)13-8-4-5-9-14(13)19-12-6-2-1-3-7-12/h1-9H,10-11,16H2. The van der Waals surface area contributed by atoms with E-state index in [0.717, 1.165) is 36.0 Å². The molecule has 1 heterocycles. The summed E-state index contributed by atoms with van der Waals surface area (Å²) < 4.78 is 5.91. The molecule has 0 atom stereocenters. The smallest absolute Gasteiger partial charge is 0.149 e. The molecule has 2 N–H and O–H groups in total. The molecule has 0 saturated carbocycles. The lowest BCUT2D eigenvalue weighted by Gasteiger charge is -2.16. The first kappa shape index (κ1) is 11.7. The van der Waals surface area contributed by atoms with Gasteiger partial charge in [0.1, 0.15) is 17.3 Å². The summed E-state index contributed by atoms with van der Waals surface area (Å²) in [5.74, 6) is 8.28. The fraction of sp³-hybridized carbons (Fsp3) is 0.133. The zero-order valence-electron chi connectivity index (χ0n) is 10.5. The number of para-hydroxylation sites is 2. The Morgan fingerprint density at radius 1 is 1.00 bits per heavy atom. The highest BCUT2D eigenvalue weighted by Crippen LogP contribution is 2.26. The van der Waals surface area contributed by atoms with Crippen molar-refractivity contribution < 1.29 is 4.74 Å². The molecule has 0 spiro atoms. The van der Waals surface area contributed by atoms with Gasteiger partial charge in [0.25, 0.3) is 0 Å². The Balaban J connectivity index is 1.94. The maximum absolute atomic E-state index is 5.92. The van der Waals surface area contributed by atoms with Crippen LogP contribution in [0.3, 0.4) is 0 Å². The molecule has 0 unspecified atom stereocenters. The van der Waals surface area contributed by atoms with Gasteiger partial charge < -0.3 is 4.74 Å². The summed E-state index contributed by atoms with van der Waals surface area (Å²) in [6.07, 6.45) is 0. The van der Waals surface area contributed by atoms with Crippen molar-refractivity contribution in [1.82, 2.24) is 5.01 Å². The highest BCUT2D eigenvalue weighted by atomic mass is 16.5. The second-order valence-electron chi connectivity index (χ2n) is 4.31. The molecule has 19 heavy (non-hydrogen) atoms. The highest BCUT2D eigenvalue weighted by molar-refractivity contribution is 6.01. The van der Waals surface area contributed by atoms with Gasteiger partial charge >= 0.3 is 0 Å². The maximum atomic E-state index is 5.92. The molecule has 2 aromatic rings. The fourth-order valence-electron chi connectivity index (χ4n) is 2.06.